The first-order chi connectivity index (χ1) is 25.6. The van der Waals surface area contributed by atoms with Crippen LogP contribution in [0.25, 0.3) is 75.4 Å². The highest BCUT2D eigenvalue weighted by Gasteiger charge is 2.21. The largest absolute Gasteiger partial charge is 0.456 e. The Labute approximate surface area is 306 Å². The van der Waals surface area contributed by atoms with E-state index in [1.807, 2.05) is 12.1 Å². The van der Waals surface area contributed by atoms with Crippen LogP contribution in [0.3, 0.4) is 0 Å². The van der Waals surface area contributed by atoms with Crippen LogP contribution in [-0.4, -0.2) is 4.98 Å². The van der Waals surface area contributed by atoms with Crippen molar-refractivity contribution >= 4 is 82.1 Å². The average molecular weight is 687 g/mol. The molecule has 10 aromatic rings. The smallest absolute Gasteiger partial charge is 0.137 e. The van der Waals surface area contributed by atoms with Crippen LogP contribution in [0.5, 0.6) is 0 Å². The lowest BCUT2D eigenvalue weighted by Crippen LogP contribution is -2.10. The van der Waals surface area contributed by atoms with Crippen molar-refractivity contribution in [1.29, 1.82) is 0 Å². The van der Waals surface area contributed by atoms with Crippen LogP contribution < -0.4 is 4.90 Å². The number of rotatable bonds is 6. The van der Waals surface area contributed by atoms with Gasteiger partial charge in [-0.2, -0.15) is 0 Å². The van der Waals surface area contributed by atoms with Gasteiger partial charge in [-0.1, -0.05) is 129 Å². The second kappa shape index (κ2) is 12.2. The van der Waals surface area contributed by atoms with E-state index in [0.29, 0.717) is 5.92 Å². The van der Waals surface area contributed by atoms with E-state index in [1.165, 1.54) is 42.9 Å². The number of anilines is 3. The minimum Gasteiger partial charge on any atom is -0.456 e. The number of benzene rings is 8. The third-order valence-corrected chi connectivity index (χ3v) is 11.3. The Kier molecular flexibility index (Phi) is 7.19. The normalized spacial score (nSPS) is 11.8. The molecule has 0 aliphatic carbocycles. The van der Waals surface area contributed by atoms with Gasteiger partial charge in [0.25, 0.3) is 0 Å². The standard InChI is InChI=1S/C48H34N2OS/c1-30(2)31-18-21-34(22-19-31)48-49-47-44(52-48)27-24-33-20-23-36-29-38(25-26-39(36)45(33)47)50(37-13-8-12-35(28-37)32-10-4-3-5-11-32)41-15-9-17-43-46(41)40-14-6-7-16-42(40)51-43/h3-30H,1-2H3. The molecule has 0 amide bonds. The van der Waals surface area contributed by atoms with Crippen molar-refractivity contribution in [3.8, 4) is 21.7 Å². The highest BCUT2D eigenvalue weighted by molar-refractivity contribution is 7.21. The molecule has 4 heteroatoms. The first-order valence-corrected chi connectivity index (χ1v) is 18.6. The summed E-state index contributed by atoms with van der Waals surface area (Å²) < 4.78 is 7.58. The Morgan fingerprint density at radius 1 is 0.538 bits per heavy atom. The summed E-state index contributed by atoms with van der Waals surface area (Å²) in [6, 6.07) is 58.8. The van der Waals surface area contributed by atoms with Gasteiger partial charge in [-0.15, -0.1) is 11.3 Å². The van der Waals surface area contributed by atoms with E-state index in [-0.39, 0.29) is 0 Å². The summed E-state index contributed by atoms with van der Waals surface area (Å²) in [4.78, 5) is 7.66. The lowest BCUT2D eigenvalue weighted by Gasteiger charge is -2.27. The molecular formula is C48H34N2OS. The van der Waals surface area contributed by atoms with Gasteiger partial charge in [0.05, 0.1) is 21.3 Å². The predicted octanol–water partition coefficient (Wildman–Crippen LogP) is 14.4. The number of furan rings is 1. The van der Waals surface area contributed by atoms with Gasteiger partial charge in [-0.05, 0) is 87.3 Å². The van der Waals surface area contributed by atoms with Gasteiger partial charge in [0.1, 0.15) is 16.2 Å². The number of nitrogens with zero attached hydrogens (tertiary/aromatic N) is 2. The molecule has 0 N–H and O–H groups in total. The van der Waals surface area contributed by atoms with Crippen LogP contribution in [0.4, 0.5) is 17.1 Å². The molecule has 2 heterocycles. The van der Waals surface area contributed by atoms with Crippen molar-refractivity contribution < 1.29 is 4.42 Å². The quantitative estimate of drug-likeness (QED) is 0.163. The fourth-order valence-corrected chi connectivity index (χ4v) is 8.60. The molecule has 0 unspecified atom stereocenters. The second-order valence-corrected chi connectivity index (χ2v) is 14.8. The van der Waals surface area contributed by atoms with Crippen molar-refractivity contribution in [3.05, 3.63) is 169 Å². The number of aromatic nitrogens is 1. The van der Waals surface area contributed by atoms with E-state index in [2.05, 4.69) is 170 Å². The van der Waals surface area contributed by atoms with Crippen LogP contribution >= 0.6 is 11.3 Å². The number of hydrogen-bond donors (Lipinski definition) is 0. The van der Waals surface area contributed by atoms with Gasteiger partial charge in [-0.3, -0.25) is 0 Å². The highest BCUT2D eigenvalue weighted by atomic mass is 32.1. The van der Waals surface area contributed by atoms with Crippen LogP contribution in [0.15, 0.2) is 168 Å². The van der Waals surface area contributed by atoms with Crippen LogP contribution in [0, 0.1) is 0 Å². The molecule has 2 aromatic heterocycles. The maximum Gasteiger partial charge on any atom is 0.137 e. The lowest BCUT2D eigenvalue weighted by molar-refractivity contribution is 0.669. The third kappa shape index (κ3) is 5.06. The maximum absolute atomic E-state index is 6.38. The molecular weight excluding hydrogens is 653 g/mol. The summed E-state index contributed by atoms with van der Waals surface area (Å²) in [7, 11) is 0. The molecule has 0 fully saturated rings. The molecule has 0 atom stereocenters. The zero-order chi connectivity index (χ0) is 34.8. The van der Waals surface area contributed by atoms with Crippen molar-refractivity contribution in [2.24, 2.45) is 0 Å². The molecule has 0 saturated carbocycles. The van der Waals surface area contributed by atoms with Crippen molar-refractivity contribution in [2.75, 3.05) is 4.90 Å². The SMILES string of the molecule is CC(C)c1ccc(-c2nc3c(ccc4ccc5cc(N(c6cccc(-c7ccccc7)c6)c6cccc7oc8ccccc8c67)ccc5c43)s2)cc1. The monoisotopic (exact) mass is 686 g/mol. The topological polar surface area (TPSA) is 29.3 Å². The minimum atomic E-state index is 0.500. The van der Waals surface area contributed by atoms with Gasteiger partial charge in [0.15, 0.2) is 0 Å². The fraction of sp³-hybridized carbons (Fsp3) is 0.0625. The van der Waals surface area contributed by atoms with E-state index in [1.54, 1.807) is 11.3 Å². The van der Waals surface area contributed by atoms with Gasteiger partial charge < -0.3 is 9.32 Å². The summed E-state index contributed by atoms with van der Waals surface area (Å²) >= 11 is 1.76. The first-order valence-electron chi connectivity index (χ1n) is 17.8. The number of hydrogen-bond acceptors (Lipinski definition) is 4. The molecule has 0 saturated heterocycles. The zero-order valence-corrected chi connectivity index (χ0v) is 29.7. The number of para-hydroxylation sites is 1. The van der Waals surface area contributed by atoms with Crippen LogP contribution in [-0.2, 0) is 0 Å². The average Bonchev–Trinajstić information content (AvgIpc) is 3.81. The molecule has 10 rings (SSSR count). The summed E-state index contributed by atoms with van der Waals surface area (Å²) in [5.74, 6) is 0.500. The fourth-order valence-electron chi connectivity index (χ4n) is 7.62. The molecule has 0 aliphatic heterocycles. The van der Waals surface area contributed by atoms with E-state index < -0.39 is 0 Å². The Morgan fingerprint density at radius 2 is 1.27 bits per heavy atom. The van der Waals surface area contributed by atoms with E-state index in [4.69, 9.17) is 9.40 Å². The maximum atomic E-state index is 6.38. The van der Waals surface area contributed by atoms with Gasteiger partial charge in [0, 0.05) is 27.7 Å². The summed E-state index contributed by atoms with van der Waals surface area (Å²) in [5, 5.41) is 8.01. The molecule has 248 valence electrons. The zero-order valence-electron chi connectivity index (χ0n) is 28.9. The van der Waals surface area contributed by atoms with Crippen molar-refractivity contribution in [2.45, 2.75) is 19.8 Å². The van der Waals surface area contributed by atoms with E-state index >= 15 is 0 Å². The van der Waals surface area contributed by atoms with Crippen LogP contribution in [0.1, 0.15) is 25.3 Å². The van der Waals surface area contributed by atoms with Gasteiger partial charge >= 0.3 is 0 Å². The van der Waals surface area contributed by atoms with Crippen LogP contribution in [0.2, 0.25) is 0 Å². The number of fused-ring (bicyclic) bond motifs is 8. The Bertz CT molecular complexity index is 2940. The van der Waals surface area contributed by atoms with Gasteiger partial charge in [0.2, 0.25) is 0 Å². The molecule has 52 heavy (non-hydrogen) atoms. The second-order valence-electron chi connectivity index (χ2n) is 13.8. The highest BCUT2D eigenvalue weighted by Crippen LogP contribution is 2.45. The molecule has 3 nitrogen and oxygen atoms in total. The molecule has 0 spiro atoms. The molecule has 0 radical (unpaired) electrons. The van der Waals surface area contributed by atoms with E-state index in [0.717, 1.165) is 55.1 Å². The molecule has 0 bridgehead atoms. The summed E-state index contributed by atoms with van der Waals surface area (Å²) in [6.45, 7) is 4.46. The lowest BCUT2D eigenvalue weighted by atomic mass is 9.99. The Hall–Kier alpha value is -6.23. The summed E-state index contributed by atoms with van der Waals surface area (Å²) in [5.41, 5.74) is 10.9. The molecule has 0 aliphatic rings. The Balaban J connectivity index is 1.17. The Morgan fingerprint density at radius 3 is 2.13 bits per heavy atom. The predicted molar refractivity (Wildman–Crippen MR) is 222 cm³/mol. The number of thiazole rings is 1. The summed E-state index contributed by atoms with van der Waals surface area (Å²) in [6.07, 6.45) is 0. The first kappa shape index (κ1) is 30.6. The molecule has 8 aromatic carbocycles. The van der Waals surface area contributed by atoms with E-state index in [9.17, 15) is 0 Å². The van der Waals surface area contributed by atoms with Gasteiger partial charge in [-0.25, -0.2) is 4.98 Å². The van der Waals surface area contributed by atoms with Crippen molar-refractivity contribution in [3.63, 3.8) is 0 Å². The van der Waals surface area contributed by atoms with Crippen molar-refractivity contribution in [1.82, 2.24) is 4.98 Å². The minimum absolute atomic E-state index is 0.500. The third-order valence-electron chi connectivity index (χ3n) is 10.3.